The topological polar surface area (TPSA) is 59.3 Å². The third-order valence-corrected chi connectivity index (χ3v) is 2.53. The molecule has 0 fully saturated rings. The Bertz CT molecular complexity index is 566. The van der Waals surface area contributed by atoms with Crippen LogP contribution in [-0.4, -0.2) is 19.7 Å². The quantitative estimate of drug-likeness (QED) is 0.483. The van der Waals surface area contributed by atoms with Crippen molar-refractivity contribution in [1.82, 2.24) is 0 Å². The van der Waals surface area contributed by atoms with E-state index in [1.807, 2.05) is 0 Å². The van der Waals surface area contributed by atoms with Crippen molar-refractivity contribution in [2.75, 3.05) is 7.11 Å². The van der Waals surface area contributed by atoms with Crippen LogP contribution in [-0.2, 0) is 9.53 Å². The van der Waals surface area contributed by atoms with E-state index in [9.17, 15) is 13.6 Å². The highest BCUT2D eigenvalue weighted by atomic mass is 19.3. The zero-order valence-electron chi connectivity index (χ0n) is 11.2. The third kappa shape index (κ3) is 3.79. The molecule has 106 valence electrons. The molecule has 0 saturated carbocycles. The fourth-order valence-corrected chi connectivity index (χ4v) is 1.76. The van der Waals surface area contributed by atoms with Gasteiger partial charge in [0, 0.05) is 0 Å². The molecule has 1 aromatic carbocycles. The average molecular weight is 281 g/mol. The summed E-state index contributed by atoms with van der Waals surface area (Å²) in [6, 6.07) is 4.82. The van der Waals surface area contributed by atoms with E-state index in [0.29, 0.717) is 16.7 Å². The van der Waals surface area contributed by atoms with Gasteiger partial charge in [-0.3, -0.25) is 0 Å². The molecule has 0 aliphatic carbocycles. The zero-order valence-corrected chi connectivity index (χ0v) is 11.2. The summed E-state index contributed by atoms with van der Waals surface area (Å²) in [5.41, 5.74) is 1.33. The lowest BCUT2D eigenvalue weighted by Crippen LogP contribution is -2.05. The first-order valence-electron chi connectivity index (χ1n) is 5.65. The molecule has 4 nitrogen and oxygen atoms in total. The highest BCUT2D eigenvalue weighted by Crippen LogP contribution is 2.27. The number of rotatable bonds is 4. The average Bonchev–Trinajstić information content (AvgIpc) is 2.39. The molecular weight excluding hydrogens is 268 g/mol. The summed E-state index contributed by atoms with van der Waals surface area (Å²) < 4.78 is 33.4. The second kappa shape index (κ2) is 6.66. The lowest BCUT2D eigenvalue weighted by Gasteiger charge is -2.12. The molecule has 0 unspecified atom stereocenters. The lowest BCUT2D eigenvalue weighted by molar-refractivity contribution is -0.135. The van der Waals surface area contributed by atoms with Gasteiger partial charge in [0.15, 0.2) is 0 Å². The fourth-order valence-electron chi connectivity index (χ4n) is 1.76. The number of esters is 1. The number of nitriles is 1. The monoisotopic (exact) mass is 281 g/mol. The third-order valence-electron chi connectivity index (χ3n) is 2.53. The summed E-state index contributed by atoms with van der Waals surface area (Å²) in [6.07, 6.45) is 1.33. The number of hydrogen-bond donors (Lipinski definition) is 0. The Kier molecular flexibility index (Phi) is 5.21. The van der Waals surface area contributed by atoms with Crippen molar-refractivity contribution < 1.29 is 23.0 Å². The predicted octanol–water partition coefficient (Wildman–Crippen LogP) is 2.98. The zero-order chi connectivity index (χ0) is 15.3. The molecule has 0 bridgehead atoms. The maximum Gasteiger partial charge on any atom is 0.387 e. The van der Waals surface area contributed by atoms with Crippen LogP contribution in [0.1, 0.15) is 16.7 Å². The van der Waals surface area contributed by atoms with Crippen molar-refractivity contribution in [3.63, 3.8) is 0 Å². The van der Waals surface area contributed by atoms with Crippen LogP contribution in [0.15, 0.2) is 17.7 Å². The van der Waals surface area contributed by atoms with Crippen LogP contribution in [0, 0.1) is 25.2 Å². The maximum absolute atomic E-state index is 12.3. The molecule has 0 N–H and O–H groups in total. The van der Waals surface area contributed by atoms with E-state index < -0.39 is 12.6 Å². The van der Waals surface area contributed by atoms with Gasteiger partial charge in [0.1, 0.15) is 17.4 Å². The van der Waals surface area contributed by atoms with E-state index in [-0.39, 0.29) is 11.3 Å². The first-order chi connectivity index (χ1) is 9.38. The van der Waals surface area contributed by atoms with Crippen molar-refractivity contribution in [3.8, 4) is 11.8 Å². The van der Waals surface area contributed by atoms with Crippen molar-refractivity contribution in [3.05, 3.63) is 34.4 Å². The first-order valence-corrected chi connectivity index (χ1v) is 5.65. The van der Waals surface area contributed by atoms with Crippen LogP contribution in [0.4, 0.5) is 8.78 Å². The van der Waals surface area contributed by atoms with Crippen LogP contribution in [0.2, 0.25) is 0 Å². The summed E-state index contributed by atoms with van der Waals surface area (Å²) in [4.78, 5) is 11.3. The lowest BCUT2D eigenvalue weighted by atomic mass is 10.0. The molecule has 0 atom stereocenters. The van der Waals surface area contributed by atoms with E-state index in [4.69, 9.17) is 5.26 Å². The summed E-state index contributed by atoms with van der Waals surface area (Å²) >= 11 is 0. The number of benzene rings is 1. The molecule has 0 aromatic heterocycles. The molecule has 1 aromatic rings. The van der Waals surface area contributed by atoms with Crippen LogP contribution < -0.4 is 4.74 Å². The molecule has 1 rings (SSSR count). The first kappa shape index (κ1) is 15.6. The van der Waals surface area contributed by atoms with Crippen LogP contribution in [0.3, 0.4) is 0 Å². The number of carbonyl (C=O) groups is 1. The maximum atomic E-state index is 12.3. The molecular formula is C14H13F2NO3. The summed E-state index contributed by atoms with van der Waals surface area (Å²) in [5, 5.41) is 8.86. The molecule has 0 saturated heterocycles. The SMILES string of the molecule is COC(=O)/C(C#N)=C/c1cc(C)c(OC(F)F)c(C)c1. The summed E-state index contributed by atoms with van der Waals surface area (Å²) in [7, 11) is 1.17. The summed E-state index contributed by atoms with van der Waals surface area (Å²) in [6.45, 7) is 0.303. The number of hydrogen-bond acceptors (Lipinski definition) is 4. The Hall–Kier alpha value is -2.42. The van der Waals surface area contributed by atoms with E-state index in [1.54, 1.807) is 32.0 Å². The van der Waals surface area contributed by atoms with Gasteiger partial charge in [-0.2, -0.15) is 14.0 Å². The Morgan fingerprint density at radius 1 is 1.35 bits per heavy atom. The van der Waals surface area contributed by atoms with Crippen molar-refractivity contribution in [2.24, 2.45) is 0 Å². The molecule has 0 amide bonds. The second-order valence-electron chi connectivity index (χ2n) is 4.02. The van der Waals surface area contributed by atoms with Crippen molar-refractivity contribution in [1.29, 1.82) is 5.26 Å². The summed E-state index contributed by atoms with van der Waals surface area (Å²) in [5.74, 6) is -0.663. The van der Waals surface area contributed by atoms with Gasteiger partial charge in [-0.05, 0) is 48.7 Å². The molecule has 20 heavy (non-hydrogen) atoms. The molecule has 0 spiro atoms. The number of aryl methyl sites for hydroxylation is 2. The molecule has 0 radical (unpaired) electrons. The van der Waals surface area contributed by atoms with E-state index in [1.165, 1.54) is 13.2 Å². The van der Waals surface area contributed by atoms with Gasteiger partial charge in [-0.25, -0.2) is 4.79 Å². The van der Waals surface area contributed by atoms with Crippen molar-refractivity contribution >= 4 is 12.0 Å². The van der Waals surface area contributed by atoms with Crippen molar-refractivity contribution in [2.45, 2.75) is 20.5 Å². The van der Waals surface area contributed by atoms with E-state index >= 15 is 0 Å². The van der Waals surface area contributed by atoms with Gasteiger partial charge in [0.25, 0.3) is 0 Å². The number of methoxy groups -OCH3 is 1. The minimum Gasteiger partial charge on any atom is -0.465 e. The molecule has 0 aliphatic heterocycles. The number of alkyl halides is 2. The Balaban J connectivity index is 3.20. The minimum atomic E-state index is -2.90. The highest BCUT2D eigenvalue weighted by Gasteiger charge is 2.13. The highest BCUT2D eigenvalue weighted by molar-refractivity contribution is 5.97. The van der Waals surface area contributed by atoms with Crippen LogP contribution in [0.25, 0.3) is 6.08 Å². The van der Waals surface area contributed by atoms with E-state index in [0.717, 1.165) is 0 Å². The smallest absolute Gasteiger partial charge is 0.387 e. The van der Waals surface area contributed by atoms with Gasteiger partial charge in [-0.15, -0.1) is 0 Å². The standard InChI is InChI=1S/C14H13F2NO3/c1-8-4-10(6-11(7-17)13(18)19-3)5-9(2)12(8)20-14(15)16/h4-6,14H,1-3H3/b11-6+. The van der Waals surface area contributed by atoms with Crippen LogP contribution in [0.5, 0.6) is 5.75 Å². The molecule has 6 heteroatoms. The molecule has 0 heterocycles. The van der Waals surface area contributed by atoms with Gasteiger partial charge in [0.2, 0.25) is 0 Å². The van der Waals surface area contributed by atoms with E-state index in [2.05, 4.69) is 9.47 Å². The Morgan fingerprint density at radius 2 is 1.90 bits per heavy atom. The van der Waals surface area contributed by atoms with Gasteiger partial charge < -0.3 is 9.47 Å². The number of halogens is 2. The molecule has 0 aliphatic rings. The van der Waals surface area contributed by atoms with Crippen LogP contribution >= 0.6 is 0 Å². The normalized spacial score (nSPS) is 11.2. The Labute approximate surface area is 115 Å². The Morgan fingerprint density at radius 3 is 2.30 bits per heavy atom. The van der Waals surface area contributed by atoms with Gasteiger partial charge in [0.05, 0.1) is 7.11 Å². The number of carbonyl (C=O) groups excluding carboxylic acids is 1. The minimum absolute atomic E-state index is 0.0914. The van der Waals surface area contributed by atoms with Gasteiger partial charge in [-0.1, -0.05) is 0 Å². The number of nitrogens with zero attached hydrogens (tertiary/aromatic N) is 1. The second-order valence-corrected chi connectivity index (χ2v) is 4.02. The number of ether oxygens (including phenoxy) is 2. The fraction of sp³-hybridized carbons (Fsp3) is 0.286. The largest absolute Gasteiger partial charge is 0.465 e. The predicted molar refractivity (Wildman–Crippen MR) is 68.2 cm³/mol. The van der Waals surface area contributed by atoms with Gasteiger partial charge >= 0.3 is 12.6 Å².